The van der Waals surface area contributed by atoms with Crippen LogP contribution in [0.2, 0.25) is 0 Å². The van der Waals surface area contributed by atoms with Gasteiger partial charge in [-0.15, -0.1) is 5.10 Å². The number of aromatic nitrogens is 3. The molecular formula is C22H22FN5O2. The molecule has 7 nitrogen and oxygen atoms in total. The molecule has 1 saturated carbocycles. The summed E-state index contributed by atoms with van der Waals surface area (Å²) in [5.41, 5.74) is 1.68. The van der Waals surface area contributed by atoms with Gasteiger partial charge in [0.2, 0.25) is 11.9 Å². The minimum absolute atomic E-state index is 0.0403. The molecule has 1 aliphatic heterocycles. The van der Waals surface area contributed by atoms with Gasteiger partial charge in [0.15, 0.2) is 5.65 Å². The third kappa shape index (κ3) is 3.53. The van der Waals surface area contributed by atoms with Crippen LogP contribution in [-0.4, -0.2) is 44.4 Å². The number of likely N-dealkylation sites (tertiary alicyclic amines) is 1. The summed E-state index contributed by atoms with van der Waals surface area (Å²) in [4.78, 5) is 30.8. The molecule has 2 aromatic heterocycles. The van der Waals surface area contributed by atoms with E-state index in [0.717, 1.165) is 45.2 Å². The Labute approximate surface area is 172 Å². The van der Waals surface area contributed by atoms with Crippen LogP contribution in [0.15, 0.2) is 36.4 Å². The van der Waals surface area contributed by atoms with Crippen LogP contribution in [0.4, 0.5) is 10.3 Å². The van der Waals surface area contributed by atoms with Gasteiger partial charge in [-0.25, -0.2) is 8.91 Å². The topological polar surface area (TPSA) is 79.6 Å². The quantitative estimate of drug-likeness (QED) is 0.718. The summed E-state index contributed by atoms with van der Waals surface area (Å²) in [5.74, 6) is -0.469. The summed E-state index contributed by atoms with van der Waals surface area (Å²) >= 11 is 0. The maximum Gasteiger partial charge on any atom is 0.253 e. The fourth-order valence-corrected chi connectivity index (χ4v) is 3.86. The van der Waals surface area contributed by atoms with Crippen LogP contribution in [0.3, 0.4) is 0 Å². The molecule has 3 aromatic rings. The Kier molecular flexibility index (Phi) is 4.69. The molecule has 1 N–H and O–H groups in total. The minimum atomic E-state index is -0.496. The lowest BCUT2D eigenvalue weighted by Crippen LogP contribution is -2.35. The molecule has 1 saturated heterocycles. The highest BCUT2D eigenvalue weighted by Crippen LogP contribution is 2.30. The molecule has 8 heteroatoms. The third-order valence-corrected chi connectivity index (χ3v) is 5.68. The highest BCUT2D eigenvalue weighted by atomic mass is 19.1. The third-order valence-electron chi connectivity index (χ3n) is 5.68. The van der Waals surface area contributed by atoms with Crippen molar-refractivity contribution in [2.75, 3.05) is 18.4 Å². The number of nitrogens with one attached hydrogen (secondary N) is 1. The lowest BCUT2D eigenvalue weighted by molar-refractivity contribution is -0.117. The summed E-state index contributed by atoms with van der Waals surface area (Å²) in [6.07, 6.45) is 4.87. The number of carbonyl (C=O) groups is 2. The van der Waals surface area contributed by atoms with Gasteiger partial charge in [0.05, 0.1) is 5.69 Å². The number of carbonyl (C=O) groups excluding carboxylic acids is 2. The number of hydrogen-bond donors (Lipinski definition) is 1. The van der Waals surface area contributed by atoms with Gasteiger partial charge in [-0.3, -0.25) is 14.9 Å². The maximum absolute atomic E-state index is 15.0. The molecule has 2 fully saturated rings. The summed E-state index contributed by atoms with van der Waals surface area (Å²) in [6, 6.07) is 9.79. The van der Waals surface area contributed by atoms with Crippen molar-refractivity contribution >= 4 is 23.4 Å². The molecule has 5 rings (SSSR count). The molecule has 30 heavy (non-hydrogen) atoms. The first kappa shape index (κ1) is 18.7. The van der Waals surface area contributed by atoms with E-state index in [-0.39, 0.29) is 23.7 Å². The summed E-state index contributed by atoms with van der Waals surface area (Å²) < 4.78 is 16.5. The van der Waals surface area contributed by atoms with Gasteiger partial charge in [0.1, 0.15) is 5.82 Å². The van der Waals surface area contributed by atoms with Gasteiger partial charge in [0, 0.05) is 30.1 Å². The van der Waals surface area contributed by atoms with E-state index in [9.17, 15) is 9.59 Å². The van der Waals surface area contributed by atoms with Crippen molar-refractivity contribution in [2.45, 2.75) is 32.1 Å². The van der Waals surface area contributed by atoms with Crippen LogP contribution in [0.1, 0.15) is 42.5 Å². The van der Waals surface area contributed by atoms with E-state index in [1.807, 2.05) is 0 Å². The molecular weight excluding hydrogens is 385 g/mol. The molecule has 0 bridgehead atoms. The molecule has 1 aromatic carbocycles. The Balaban J connectivity index is 1.45. The van der Waals surface area contributed by atoms with E-state index in [2.05, 4.69) is 15.4 Å². The number of halogens is 1. The van der Waals surface area contributed by atoms with E-state index < -0.39 is 5.82 Å². The zero-order chi connectivity index (χ0) is 20.7. The largest absolute Gasteiger partial charge is 0.339 e. The fraction of sp³-hybridized carbons (Fsp3) is 0.364. The number of hydrogen-bond acceptors (Lipinski definition) is 4. The van der Waals surface area contributed by atoms with E-state index in [1.54, 1.807) is 35.2 Å². The van der Waals surface area contributed by atoms with Gasteiger partial charge in [-0.1, -0.05) is 6.07 Å². The van der Waals surface area contributed by atoms with Crippen molar-refractivity contribution < 1.29 is 14.0 Å². The SMILES string of the molecule is O=C(Nc1nc2cccc(-c3ccc(C(=O)N4CCCCC4)cc3F)n2n1)C1CC1. The standard InChI is InChI=1S/C22H22FN5O2/c23-17-13-15(21(30)27-11-2-1-3-12-27)9-10-16(17)18-5-4-6-19-24-22(26-28(18)19)25-20(29)14-7-8-14/h4-6,9-10,13-14H,1-3,7-8,11-12H2,(H,25,26,29). The minimum Gasteiger partial charge on any atom is -0.339 e. The molecule has 0 atom stereocenters. The predicted octanol–water partition coefficient (Wildman–Crippen LogP) is 3.51. The first-order chi connectivity index (χ1) is 14.6. The highest BCUT2D eigenvalue weighted by molar-refractivity contribution is 5.95. The lowest BCUT2D eigenvalue weighted by atomic mass is 10.0. The zero-order valence-electron chi connectivity index (χ0n) is 16.5. The highest BCUT2D eigenvalue weighted by Gasteiger charge is 2.30. The van der Waals surface area contributed by atoms with Crippen LogP contribution in [0.25, 0.3) is 16.9 Å². The van der Waals surface area contributed by atoms with Crippen molar-refractivity contribution in [3.63, 3.8) is 0 Å². The molecule has 2 amide bonds. The number of piperidine rings is 1. The van der Waals surface area contributed by atoms with E-state index >= 15 is 4.39 Å². The molecule has 0 unspecified atom stereocenters. The number of fused-ring (bicyclic) bond motifs is 1. The van der Waals surface area contributed by atoms with Gasteiger partial charge in [-0.2, -0.15) is 4.98 Å². The van der Waals surface area contributed by atoms with Crippen molar-refractivity contribution in [3.05, 3.63) is 47.8 Å². The van der Waals surface area contributed by atoms with Crippen molar-refractivity contribution in [1.29, 1.82) is 0 Å². The second kappa shape index (κ2) is 7.51. The predicted molar refractivity (Wildman–Crippen MR) is 109 cm³/mol. The maximum atomic E-state index is 15.0. The van der Waals surface area contributed by atoms with E-state index in [4.69, 9.17) is 0 Å². The van der Waals surface area contributed by atoms with Crippen molar-refractivity contribution in [1.82, 2.24) is 19.5 Å². The smallest absolute Gasteiger partial charge is 0.253 e. The number of amides is 2. The molecule has 0 radical (unpaired) electrons. The Bertz CT molecular complexity index is 1130. The summed E-state index contributed by atoms with van der Waals surface area (Å²) in [6.45, 7) is 1.44. The van der Waals surface area contributed by atoms with Gasteiger partial charge < -0.3 is 4.90 Å². The molecule has 1 aliphatic carbocycles. The summed E-state index contributed by atoms with van der Waals surface area (Å²) in [5, 5.41) is 7.06. The molecule has 0 spiro atoms. The van der Waals surface area contributed by atoms with Crippen LogP contribution in [-0.2, 0) is 4.79 Å². The number of pyridine rings is 1. The van der Waals surface area contributed by atoms with Crippen LogP contribution in [0, 0.1) is 11.7 Å². The average molecular weight is 407 g/mol. The van der Waals surface area contributed by atoms with Gasteiger partial charge in [0.25, 0.3) is 5.91 Å². The number of rotatable bonds is 4. The Morgan fingerprint density at radius 3 is 2.60 bits per heavy atom. The molecule has 2 aliphatic rings. The zero-order valence-corrected chi connectivity index (χ0v) is 16.5. The normalized spacial score (nSPS) is 16.6. The monoisotopic (exact) mass is 407 g/mol. The second-order valence-corrected chi connectivity index (χ2v) is 7.93. The van der Waals surface area contributed by atoms with Gasteiger partial charge >= 0.3 is 0 Å². The Morgan fingerprint density at radius 2 is 1.87 bits per heavy atom. The van der Waals surface area contributed by atoms with E-state index in [0.29, 0.717) is 22.5 Å². The Hall–Kier alpha value is -3.29. The van der Waals surface area contributed by atoms with Gasteiger partial charge in [-0.05, 0) is 62.4 Å². The molecule has 154 valence electrons. The number of benzene rings is 1. The first-order valence-corrected chi connectivity index (χ1v) is 10.4. The van der Waals surface area contributed by atoms with Crippen molar-refractivity contribution in [2.24, 2.45) is 5.92 Å². The lowest BCUT2D eigenvalue weighted by Gasteiger charge is -2.26. The summed E-state index contributed by atoms with van der Waals surface area (Å²) in [7, 11) is 0. The van der Waals surface area contributed by atoms with Crippen molar-refractivity contribution in [3.8, 4) is 11.3 Å². The number of nitrogens with zero attached hydrogens (tertiary/aromatic N) is 4. The number of anilines is 1. The van der Waals surface area contributed by atoms with Crippen LogP contribution in [0.5, 0.6) is 0 Å². The Morgan fingerprint density at radius 1 is 1.07 bits per heavy atom. The first-order valence-electron chi connectivity index (χ1n) is 10.4. The van der Waals surface area contributed by atoms with Crippen LogP contribution >= 0.6 is 0 Å². The average Bonchev–Trinajstić information content (AvgIpc) is 3.54. The fourth-order valence-electron chi connectivity index (χ4n) is 3.86. The van der Waals surface area contributed by atoms with E-state index in [1.165, 1.54) is 10.6 Å². The van der Waals surface area contributed by atoms with Crippen LogP contribution < -0.4 is 5.32 Å². The molecule has 3 heterocycles. The second-order valence-electron chi connectivity index (χ2n) is 7.93.